The molecule has 0 saturated heterocycles. The highest BCUT2D eigenvalue weighted by Crippen LogP contribution is 2.31. The minimum Gasteiger partial charge on any atom is -0.493 e. The Labute approximate surface area is 762 Å². The molecule has 0 aliphatic rings. The number of nitrogens with zero attached hydrogens (tertiary/aromatic N) is 8. The molecule has 127 heavy (non-hydrogen) atoms. The first-order valence-corrected chi connectivity index (χ1v) is 41.8. The largest absolute Gasteiger partial charge is 0.493 e. The van der Waals surface area contributed by atoms with Crippen molar-refractivity contribution in [1.29, 1.82) is 0 Å². The van der Waals surface area contributed by atoms with Gasteiger partial charge in [-0.15, -0.1) is 0 Å². The van der Waals surface area contributed by atoms with Crippen LogP contribution in [-0.2, 0) is 34.6 Å². The molecule has 0 unspecified atom stereocenters. The first kappa shape index (κ1) is 108. The molecule has 15 radical (unpaired) electrons. The third kappa shape index (κ3) is 29.5. The van der Waals surface area contributed by atoms with Gasteiger partial charge in [-0.1, -0.05) is 105 Å². The van der Waals surface area contributed by atoms with Crippen molar-refractivity contribution in [3.63, 3.8) is 0 Å². The monoisotopic (exact) mass is 1890 g/mol. The number of carboxylic acids is 2. The smallest absolute Gasteiger partial charge is 0.337 e. The highest BCUT2D eigenvalue weighted by atomic mass is 79.9. The molecule has 0 aliphatic heterocycles. The molecule has 45 heteroatoms. The van der Waals surface area contributed by atoms with Gasteiger partial charge in [0.15, 0.2) is 25.6 Å². The van der Waals surface area contributed by atoms with Crippen LogP contribution in [-0.4, -0.2) is 171 Å². The molecule has 0 bridgehead atoms. The van der Waals surface area contributed by atoms with Gasteiger partial charge < -0.3 is 39.0 Å². The number of methoxy groups -OCH3 is 2. The minimum absolute atomic E-state index is 0. The van der Waals surface area contributed by atoms with E-state index in [1.807, 2.05) is 6.92 Å². The van der Waals surface area contributed by atoms with E-state index in [9.17, 15) is 88.8 Å². The normalized spacial score (nSPS) is 10.2. The number of alkyl halides is 1. The molecule has 0 atom stereocenters. The molecular weight excluding hydrogens is 1820 g/mol. The molecular formula is C82H68B7BrClF8N8O16S4. The number of halogens is 10. The summed E-state index contributed by atoms with van der Waals surface area (Å²) >= 11 is 14.0. The number of carboxylic acid groups (broad SMARTS) is 2. The van der Waals surface area contributed by atoms with Gasteiger partial charge in [0.1, 0.15) is 66.4 Å². The van der Waals surface area contributed by atoms with Gasteiger partial charge in [0.2, 0.25) is 23.5 Å². The Morgan fingerprint density at radius 2 is 0.709 bits per heavy atom. The number of ether oxygens (including phenoxy) is 5. The SMILES string of the molecule is COC(=O)c1ccc(C)c(-n2c(SC)nc(O)cc2=O)c1.COC(=O)c1ccc(C)c(-n2c(SC)nc(OCc3ccc(F)cc3F)cc2=O)c1.CSc1nc(OCc2ccc(F)cc2F)c(Cl)c(=O)n1-c1cc(C(=O)O)ccc1C.CSc1nc(OCc2ccc(F)cc2F)cc(=O)n1-c1cc(C(=O)O)ccc1C.Fc1ccc(CBr)c(F)c1.[B].[B].[B][B].[B][B][B]. The van der Waals surface area contributed by atoms with Crippen LogP contribution in [0.15, 0.2) is 204 Å². The quantitative estimate of drug-likeness (QED) is 0.0142. The molecule has 4 aromatic heterocycles. The van der Waals surface area contributed by atoms with Gasteiger partial charge in [0.25, 0.3) is 22.2 Å². The minimum atomic E-state index is -1.14. The van der Waals surface area contributed by atoms with E-state index in [1.54, 1.807) is 94.3 Å². The zero-order valence-corrected chi connectivity index (χ0v) is 74.2. The van der Waals surface area contributed by atoms with Gasteiger partial charge in [-0.25, -0.2) is 54.3 Å². The van der Waals surface area contributed by atoms with Gasteiger partial charge >= 0.3 is 23.9 Å². The molecule has 0 aliphatic carbocycles. The van der Waals surface area contributed by atoms with E-state index < -0.39 is 92.7 Å². The molecule has 8 aromatic carbocycles. The van der Waals surface area contributed by atoms with Gasteiger partial charge in [0, 0.05) is 101 Å². The van der Waals surface area contributed by atoms with Crippen molar-refractivity contribution in [3.05, 3.63) is 324 Å². The van der Waals surface area contributed by atoms with Crippen LogP contribution >= 0.6 is 74.6 Å². The topological polar surface area (TPSA) is 315 Å². The number of thioether (sulfide) groups is 4. The number of aryl methyl sites for hydroxylation is 4. The maximum absolute atomic E-state index is 13.8. The first-order chi connectivity index (χ1) is 59.5. The number of rotatable bonds is 22. The predicted molar refractivity (Wildman–Crippen MR) is 480 cm³/mol. The maximum Gasteiger partial charge on any atom is 0.337 e. The summed E-state index contributed by atoms with van der Waals surface area (Å²) in [5.74, 6) is -9.28. The van der Waals surface area contributed by atoms with Crippen molar-refractivity contribution >= 4 is 153 Å². The Kier molecular flexibility index (Phi) is 44.0. The zero-order valence-electron chi connectivity index (χ0n) is 68.6. The standard InChI is InChI=1S/C21H18F2N2O4S.C20H15ClF2N2O4S.C20H16F2N2O4S.C14H14N2O4S.C7H5BrF2.B3.B2.2B/c1-12-4-5-13(20(27)28-2)8-17(12)25-19(26)10-18(24-21(25)30-3)29-11-14-6-7-15(22)9-16(14)23;1-10-3-4-11(19(27)28)7-15(10)25-18(26)16(21)17(24-20(25)30-2)29-9-12-5-6-13(22)8-14(12)23;1-11-3-4-12(19(26)27)7-16(11)24-18(25)9-17(23-20(24)29-2)28-10-13-5-6-14(21)8-15(13)22;1-8-4-5-9(13(19)20-2)6-10(8)16-12(18)7-11(17)15-14(16)21-3;8-4-5-1-2-6(9)3-7(5)10;1-3-2;1-2;;/h4-10H,11H2,1-3H3;3-8H,9H2,1-2H3,(H,27,28);3-9H,10H2,1-2H3,(H,26,27);4-7,17H,1-3H3;1-3H,4H2;;;;. The van der Waals surface area contributed by atoms with Gasteiger partial charge in [-0.05, 0) is 172 Å². The summed E-state index contributed by atoms with van der Waals surface area (Å²) in [6, 6.07) is 34.7. The van der Waals surface area contributed by atoms with E-state index in [1.165, 1.54) is 128 Å². The second-order valence-corrected chi connectivity index (χ2v) is 28.9. The predicted octanol–water partition coefficient (Wildman–Crippen LogP) is 14.1. The van der Waals surface area contributed by atoms with E-state index in [0.29, 0.717) is 66.2 Å². The van der Waals surface area contributed by atoms with E-state index in [2.05, 4.69) is 71.6 Å². The van der Waals surface area contributed by atoms with E-state index >= 15 is 0 Å². The van der Waals surface area contributed by atoms with Crippen LogP contribution in [0.5, 0.6) is 23.5 Å². The fourth-order valence-electron chi connectivity index (χ4n) is 10.6. The van der Waals surface area contributed by atoms with Crippen molar-refractivity contribution in [3.8, 4) is 46.3 Å². The van der Waals surface area contributed by atoms with Crippen molar-refractivity contribution in [1.82, 2.24) is 38.2 Å². The highest BCUT2D eigenvalue weighted by Gasteiger charge is 2.24. The number of carbonyl (C=O) groups is 4. The molecule has 0 spiro atoms. The van der Waals surface area contributed by atoms with Crippen molar-refractivity contribution < 1.29 is 93.3 Å². The number of aromatic hydroxyl groups is 1. The van der Waals surface area contributed by atoms with Crippen molar-refractivity contribution in [2.75, 3.05) is 39.2 Å². The van der Waals surface area contributed by atoms with Crippen LogP contribution in [0.3, 0.4) is 0 Å². The molecule has 12 aromatic rings. The van der Waals surface area contributed by atoms with Crippen LogP contribution in [0, 0.1) is 74.2 Å². The third-order valence-electron chi connectivity index (χ3n) is 16.8. The number of aromatic nitrogens is 8. The number of benzene rings is 8. The average molecular weight is 1890 g/mol. The lowest BCUT2D eigenvalue weighted by molar-refractivity contribution is 0.0592. The molecule has 24 nitrogen and oxygen atoms in total. The third-order valence-corrected chi connectivity index (χ3v) is 20.2. The lowest BCUT2D eigenvalue weighted by Gasteiger charge is -2.16. The maximum atomic E-state index is 13.8. The number of hydrogen-bond donors (Lipinski definition) is 3. The number of esters is 2. The van der Waals surface area contributed by atoms with Crippen LogP contribution in [0.1, 0.15) is 85.9 Å². The molecule has 0 amide bonds. The van der Waals surface area contributed by atoms with E-state index in [0.717, 1.165) is 84.5 Å². The summed E-state index contributed by atoms with van der Waals surface area (Å²) in [7, 11) is 20.6. The number of aromatic carboxylic acids is 2. The van der Waals surface area contributed by atoms with Gasteiger partial charge in [0.05, 0.1) is 77.4 Å². The van der Waals surface area contributed by atoms with Gasteiger partial charge in [-0.2, -0.15) is 19.9 Å². The van der Waals surface area contributed by atoms with Crippen LogP contribution < -0.4 is 36.4 Å². The summed E-state index contributed by atoms with van der Waals surface area (Å²) in [6.45, 7) is 6.32. The summed E-state index contributed by atoms with van der Waals surface area (Å²) in [5.41, 5.74) is 4.05. The summed E-state index contributed by atoms with van der Waals surface area (Å²) in [6.07, 6.45) is 6.86. The van der Waals surface area contributed by atoms with Crippen LogP contribution in [0.25, 0.3) is 22.7 Å². The molecule has 647 valence electrons. The fourth-order valence-corrected chi connectivity index (χ4v) is 13.4. The highest BCUT2D eigenvalue weighted by molar-refractivity contribution is 9.08. The van der Waals surface area contributed by atoms with Crippen LogP contribution in [0.4, 0.5) is 35.1 Å². The summed E-state index contributed by atoms with van der Waals surface area (Å²) in [4.78, 5) is 114. The fraction of sp³-hybridized carbons (Fsp3) is 0.171. The van der Waals surface area contributed by atoms with Crippen molar-refractivity contribution in [2.45, 2.75) is 73.5 Å². The molecule has 3 N–H and O–H groups in total. The second-order valence-electron chi connectivity index (χ2n) is 24.9. The molecule has 0 fully saturated rings. The van der Waals surface area contributed by atoms with Crippen LogP contribution in [0.2, 0.25) is 5.02 Å². The lowest BCUT2D eigenvalue weighted by atomic mass is 9.40. The van der Waals surface area contributed by atoms with Crippen molar-refractivity contribution in [2.24, 2.45) is 0 Å². The molecule has 4 heterocycles. The zero-order chi connectivity index (χ0) is 92.8. The Balaban J connectivity index is 0.000000336. The lowest BCUT2D eigenvalue weighted by Crippen LogP contribution is -2.24. The Hall–Kier alpha value is -11.6. The summed E-state index contributed by atoms with van der Waals surface area (Å²) in [5, 5.41) is 29.1. The average Bonchev–Trinajstić information content (AvgIpc) is 0.784. The second kappa shape index (κ2) is 51.9. The first-order valence-electron chi connectivity index (χ1n) is 35.4. The van der Waals surface area contributed by atoms with E-state index in [-0.39, 0.29) is 103 Å². The Morgan fingerprint density at radius 1 is 0.425 bits per heavy atom. The molecule has 12 rings (SSSR count). The number of carbonyl (C=O) groups excluding carboxylic acids is 2. The number of hydrogen-bond acceptors (Lipinski definition) is 22. The molecule has 0 saturated carbocycles. The Bertz CT molecular complexity index is 6190. The summed E-state index contributed by atoms with van der Waals surface area (Å²) < 4.78 is 136. The Morgan fingerprint density at radius 3 is 1.02 bits per heavy atom. The van der Waals surface area contributed by atoms with Gasteiger partial charge in [-0.3, -0.25) is 37.4 Å². The van der Waals surface area contributed by atoms with E-state index in [4.69, 9.17) is 30.5 Å².